The van der Waals surface area contributed by atoms with E-state index >= 15 is 0 Å². The van der Waals surface area contributed by atoms with Gasteiger partial charge in [-0.15, -0.1) is 0 Å². The summed E-state index contributed by atoms with van der Waals surface area (Å²) in [6.07, 6.45) is 0.956. The number of hydrogen-bond donors (Lipinski definition) is 2. The SMILES string of the molecule is Cc1cccc(Oc2ccccc2CNC(=O)C2CCC(=O)N2)c1. The van der Waals surface area contributed by atoms with Gasteiger partial charge in [-0.25, -0.2) is 0 Å². The first-order chi connectivity index (χ1) is 11.6. The highest BCUT2D eigenvalue weighted by Crippen LogP contribution is 2.25. The van der Waals surface area contributed by atoms with Crippen molar-refractivity contribution in [2.24, 2.45) is 0 Å². The van der Waals surface area contributed by atoms with Crippen molar-refractivity contribution in [3.05, 3.63) is 59.7 Å². The molecule has 0 radical (unpaired) electrons. The first kappa shape index (κ1) is 16.1. The van der Waals surface area contributed by atoms with Crippen molar-refractivity contribution < 1.29 is 14.3 Å². The van der Waals surface area contributed by atoms with Gasteiger partial charge in [0.25, 0.3) is 0 Å². The van der Waals surface area contributed by atoms with Crippen molar-refractivity contribution in [2.45, 2.75) is 32.4 Å². The van der Waals surface area contributed by atoms with Crippen LogP contribution in [0, 0.1) is 6.92 Å². The molecule has 0 aromatic heterocycles. The highest BCUT2D eigenvalue weighted by molar-refractivity contribution is 5.90. The van der Waals surface area contributed by atoms with Crippen LogP contribution in [0.25, 0.3) is 0 Å². The maximum Gasteiger partial charge on any atom is 0.242 e. The van der Waals surface area contributed by atoms with Crippen molar-refractivity contribution >= 4 is 11.8 Å². The Morgan fingerprint density at radius 1 is 1.25 bits per heavy atom. The fourth-order valence-corrected chi connectivity index (χ4v) is 2.67. The van der Waals surface area contributed by atoms with Gasteiger partial charge < -0.3 is 15.4 Å². The lowest BCUT2D eigenvalue weighted by atomic mass is 10.1. The molecule has 1 aliphatic heterocycles. The van der Waals surface area contributed by atoms with Crippen molar-refractivity contribution in [3.63, 3.8) is 0 Å². The molecule has 0 aliphatic carbocycles. The Kier molecular flexibility index (Phi) is 4.79. The lowest BCUT2D eigenvalue weighted by Gasteiger charge is -2.14. The molecule has 1 aliphatic rings. The average Bonchev–Trinajstić information content (AvgIpc) is 3.00. The van der Waals surface area contributed by atoms with E-state index in [0.29, 0.717) is 25.1 Å². The van der Waals surface area contributed by atoms with Gasteiger partial charge in [-0.3, -0.25) is 9.59 Å². The van der Waals surface area contributed by atoms with Gasteiger partial charge in [-0.05, 0) is 37.1 Å². The van der Waals surface area contributed by atoms with Crippen LogP contribution in [0.5, 0.6) is 11.5 Å². The summed E-state index contributed by atoms with van der Waals surface area (Å²) in [5, 5.41) is 5.53. The third-order valence-corrected chi connectivity index (χ3v) is 3.95. The minimum atomic E-state index is -0.428. The van der Waals surface area contributed by atoms with Gasteiger partial charge in [0.2, 0.25) is 11.8 Å². The first-order valence-corrected chi connectivity index (χ1v) is 8.01. The summed E-state index contributed by atoms with van der Waals surface area (Å²) in [4.78, 5) is 23.3. The van der Waals surface area contributed by atoms with E-state index < -0.39 is 6.04 Å². The molecule has 3 rings (SSSR count). The third-order valence-electron chi connectivity index (χ3n) is 3.95. The number of ether oxygens (including phenoxy) is 1. The van der Waals surface area contributed by atoms with Crippen LogP contribution < -0.4 is 15.4 Å². The molecular formula is C19H20N2O3. The maximum atomic E-state index is 12.1. The maximum absolute atomic E-state index is 12.1. The normalized spacial score (nSPS) is 16.5. The standard InChI is InChI=1S/C19H20N2O3/c1-13-5-4-7-15(11-13)24-17-8-3-2-6-14(17)12-20-19(23)16-9-10-18(22)21-16/h2-8,11,16H,9-10,12H2,1H3,(H,20,23)(H,21,22). The Morgan fingerprint density at radius 3 is 2.83 bits per heavy atom. The van der Waals surface area contributed by atoms with Crippen molar-refractivity contribution in [2.75, 3.05) is 0 Å². The summed E-state index contributed by atoms with van der Waals surface area (Å²) in [6.45, 7) is 2.36. The Bertz CT molecular complexity index is 758. The molecule has 124 valence electrons. The van der Waals surface area contributed by atoms with E-state index in [0.717, 1.165) is 16.9 Å². The van der Waals surface area contributed by atoms with Crippen molar-refractivity contribution in [1.29, 1.82) is 0 Å². The lowest BCUT2D eigenvalue weighted by molar-refractivity contribution is -0.125. The number of amides is 2. The van der Waals surface area contributed by atoms with E-state index in [1.807, 2.05) is 55.5 Å². The lowest BCUT2D eigenvalue weighted by Crippen LogP contribution is -2.41. The molecule has 1 fully saturated rings. The quantitative estimate of drug-likeness (QED) is 0.888. The fourth-order valence-electron chi connectivity index (χ4n) is 2.67. The van der Waals surface area contributed by atoms with Gasteiger partial charge in [0, 0.05) is 18.5 Å². The number of hydrogen-bond acceptors (Lipinski definition) is 3. The Hall–Kier alpha value is -2.82. The van der Waals surface area contributed by atoms with Crippen LogP contribution >= 0.6 is 0 Å². The summed E-state index contributed by atoms with van der Waals surface area (Å²) in [5.74, 6) is 1.24. The molecule has 1 atom stereocenters. The minimum absolute atomic E-state index is 0.0710. The number of carbonyl (C=O) groups excluding carboxylic acids is 2. The molecule has 2 amide bonds. The molecule has 2 aromatic carbocycles. The number of para-hydroxylation sites is 1. The largest absolute Gasteiger partial charge is 0.457 e. The second-order valence-electron chi connectivity index (χ2n) is 5.90. The highest BCUT2D eigenvalue weighted by Gasteiger charge is 2.26. The van der Waals surface area contributed by atoms with Crippen LogP contribution in [0.15, 0.2) is 48.5 Å². The van der Waals surface area contributed by atoms with Gasteiger partial charge in [0.1, 0.15) is 17.5 Å². The van der Waals surface area contributed by atoms with E-state index in [1.54, 1.807) is 0 Å². The molecule has 1 saturated heterocycles. The predicted octanol–water partition coefficient (Wildman–Crippen LogP) is 2.68. The van der Waals surface area contributed by atoms with Crippen LogP contribution in [0.1, 0.15) is 24.0 Å². The average molecular weight is 324 g/mol. The van der Waals surface area contributed by atoms with Crippen LogP contribution in [-0.4, -0.2) is 17.9 Å². The number of carbonyl (C=O) groups is 2. The van der Waals surface area contributed by atoms with Gasteiger partial charge in [0.15, 0.2) is 0 Å². The summed E-state index contributed by atoms with van der Waals surface area (Å²) in [7, 11) is 0. The fraction of sp³-hybridized carbons (Fsp3) is 0.263. The van der Waals surface area contributed by atoms with E-state index in [4.69, 9.17) is 4.74 Å². The number of benzene rings is 2. The third kappa shape index (κ3) is 3.93. The summed E-state index contributed by atoms with van der Waals surface area (Å²) < 4.78 is 5.94. The van der Waals surface area contributed by atoms with Gasteiger partial charge in [-0.1, -0.05) is 30.3 Å². The number of nitrogens with one attached hydrogen (secondary N) is 2. The highest BCUT2D eigenvalue weighted by atomic mass is 16.5. The monoisotopic (exact) mass is 324 g/mol. The molecule has 1 heterocycles. The predicted molar refractivity (Wildman–Crippen MR) is 90.7 cm³/mol. The molecule has 5 nitrogen and oxygen atoms in total. The van der Waals surface area contributed by atoms with E-state index in [9.17, 15) is 9.59 Å². The molecule has 0 saturated carbocycles. The van der Waals surface area contributed by atoms with Gasteiger partial charge >= 0.3 is 0 Å². The van der Waals surface area contributed by atoms with Gasteiger partial charge in [0.05, 0.1) is 0 Å². The van der Waals surface area contributed by atoms with Crippen molar-refractivity contribution in [3.8, 4) is 11.5 Å². The Balaban J connectivity index is 1.66. The summed E-state index contributed by atoms with van der Waals surface area (Å²) >= 11 is 0. The first-order valence-electron chi connectivity index (χ1n) is 8.01. The van der Waals surface area contributed by atoms with E-state index in [1.165, 1.54) is 0 Å². The molecule has 5 heteroatoms. The number of aryl methyl sites for hydroxylation is 1. The Labute approximate surface area is 141 Å². The minimum Gasteiger partial charge on any atom is -0.457 e. The molecular weight excluding hydrogens is 304 g/mol. The van der Waals surface area contributed by atoms with Gasteiger partial charge in [-0.2, -0.15) is 0 Å². The summed E-state index contributed by atoms with van der Waals surface area (Å²) in [6, 6.07) is 15.0. The van der Waals surface area contributed by atoms with Crippen LogP contribution in [0.2, 0.25) is 0 Å². The second-order valence-corrected chi connectivity index (χ2v) is 5.90. The zero-order valence-electron chi connectivity index (χ0n) is 13.5. The second kappa shape index (κ2) is 7.17. The van der Waals surface area contributed by atoms with E-state index in [2.05, 4.69) is 10.6 Å². The zero-order chi connectivity index (χ0) is 16.9. The molecule has 0 bridgehead atoms. The van der Waals surface area contributed by atoms with Crippen LogP contribution in [-0.2, 0) is 16.1 Å². The molecule has 2 N–H and O–H groups in total. The van der Waals surface area contributed by atoms with Crippen LogP contribution in [0.3, 0.4) is 0 Å². The topological polar surface area (TPSA) is 67.4 Å². The molecule has 1 unspecified atom stereocenters. The van der Waals surface area contributed by atoms with Crippen LogP contribution in [0.4, 0.5) is 0 Å². The Morgan fingerprint density at radius 2 is 2.08 bits per heavy atom. The number of rotatable bonds is 5. The van der Waals surface area contributed by atoms with Crippen molar-refractivity contribution in [1.82, 2.24) is 10.6 Å². The summed E-state index contributed by atoms with van der Waals surface area (Å²) in [5.41, 5.74) is 2.01. The smallest absolute Gasteiger partial charge is 0.242 e. The molecule has 2 aromatic rings. The molecule has 0 spiro atoms. The van der Waals surface area contributed by atoms with E-state index in [-0.39, 0.29) is 11.8 Å². The molecule has 24 heavy (non-hydrogen) atoms. The zero-order valence-corrected chi connectivity index (χ0v) is 13.5.